The number of amides is 1. The Morgan fingerprint density at radius 3 is 2.78 bits per heavy atom. The van der Waals surface area contributed by atoms with E-state index in [0.717, 1.165) is 10.6 Å². The van der Waals surface area contributed by atoms with Gasteiger partial charge in [-0.05, 0) is 36.4 Å². The van der Waals surface area contributed by atoms with Crippen LogP contribution in [0.5, 0.6) is 0 Å². The first-order chi connectivity index (χ1) is 15.5. The van der Waals surface area contributed by atoms with Crippen LogP contribution < -0.4 is 5.32 Å². The smallest absolute Gasteiger partial charge is 0.224 e. The van der Waals surface area contributed by atoms with E-state index < -0.39 is 5.79 Å². The number of ether oxygens (including phenoxy) is 2. The molecule has 2 heterocycles. The molecule has 4 rings (SSSR count). The Morgan fingerprint density at radius 1 is 1.28 bits per heavy atom. The fraction of sp³-hybridized carbons (Fsp3) is 0.318. The molecule has 0 unspecified atom stereocenters. The van der Waals surface area contributed by atoms with Crippen molar-refractivity contribution in [3.8, 4) is 0 Å². The average Bonchev–Trinajstić information content (AvgIpc) is 3.44. The first kappa shape index (κ1) is 23.1. The number of benzene rings is 2. The maximum Gasteiger partial charge on any atom is 0.224 e. The predicted molar refractivity (Wildman–Crippen MR) is 125 cm³/mol. The maximum atomic E-state index is 11.5. The maximum absolute atomic E-state index is 11.5. The molecule has 1 saturated heterocycles. The highest BCUT2D eigenvalue weighted by Gasteiger charge is 2.45. The minimum absolute atomic E-state index is 0.00788. The Hall–Kier alpha value is -2.10. The van der Waals surface area contributed by atoms with E-state index in [9.17, 15) is 4.79 Å². The van der Waals surface area contributed by atoms with E-state index in [2.05, 4.69) is 15.4 Å². The molecule has 0 spiro atoms. The molecule has 1 aliphatic rings. The largest absolute Gasteiger partial charge is 0.342 e. The molecule has 1 aromatic heterocycles. The zero-order valence-electron chi connectivity index (χ0n) is 17.3. The standard InChI is InChI=1S/C22H22Cl2N4O3S/c1-2-21(29)27-16-4-6-18(7-5-16)32-11-17-10-30-22(31-17,12-28-14-25-13-26-28)19-8-3-15(23)9-20(19)24/h3-9,13-14,17H,2,10-12H2,1H3,(H,27,29)/t17-,22+/m0/s1. The molecule has 1 N–H and O–H groups in total. The number of nitrogens with zero attached hydrogens (tertiary/aromatic N) is 3. The highest BCUT2D eigenvalue weighted by molar-refractivity contribution is 7.99. The van der Waals surface area contributed by atoms with Crippen LogP contribution in [0.2, 0.25) is 10.0 Å². The van der Waals surface area contributed by atoms with Gasteiger partial charge in [0.15, 0.2) is 0 Å². The third kappa shape index (κ3) is 5.44. The van der Waals surface area contributed by atoms with Crippen LogP contribution in [-0.4, -0.2) is 39.1 Å². The van der Waals surface area contributed by atoms with Crippen molar-refractivity contribution in [3.05, 3.63) is 70.7 Å². The number of anilines is 1. The summed E-state index contributed by atoms with van der Waals surface area (Å²) < 4.78 is 14.3. The Kier molecular flexibility index (Phi) is 7.37. The van der Waals surface area contributed by atoms with Gasteiger partial charge in [-0.2, -0.15) is 5.10 Å². The van der Waals surface area contributed by atoms with Gasteiger partial charge in [0.05, 0.1) is 17.7 Å². The second-order valence-electron chi connectivity index (χ2n) is 7.26. The lowest BCUT2D eigenvalue weighted by atomic mass is 10.1. The first-order valence-corrected chi connectivity index (χ1v) is 11.8. The van der Waals surface area contributed by atoms with Gasteiger partial charge in [0, 0.05) is 33.3 Å². The number of hydrogen-bond donors (Lipinski definition) is 1. The first-order valence-electron chi connectivity index (χ1n) is 10.1. The van der Waals surface area contributed by atoms with Crippen LogP contribution in [0.3, 0.4) is 0 Å². The molecular weight excluding hydrogens is 471 g/mol. The summed E-state index contributed by atoms with van der Waals surface area (Å²) in [6.07, 6.45) is 3.36. The molecule has 3 aromatic rings. The van der Waals surface area contributed by atoms with Crippen LogP contribution in [0.1, 0.15) is 18.9 Å². The molecule has 7 nitrogen and oxygen atoms in total. The van der Waals surface area contributed by atoms with Crippen LogP contribution in [0.4, 0.5) is 5.69 Å². The van der Waals surface area contributed by atoms with Crippen molar-refractivity contribution in [2.45, 2.75) is 36.7 Å². The summed E-state index contributed by atoms with van der Waals surface area (Å²) >= 11 is 14.2. The minimum atomic E-state index is -1.09. The third-order valence-electron chi connectivity index (χ3n) is 4.93. The number of nitrogens with one attached hydrogen (secondary N) is 1. The van der Waals surface area contributed by atoms with Crippen LogP contribution in [0.15, 0.2) is 60.0 Å². The van der Waals surface area contributed by atoms with E-state index in [1.807, 2.05) is 37.3 Å². The summed E-state index contributed by atoms with van der Waals surface area (Å²) in [7, 11) is 0. The molecule has 10 heteroatoms. The number of hydrogen-bond acceptors (Lipinski definition) is 6. The summed E-state index contributed by atoms with van der Waals surface area (Å²) in [6, 6.07) is 13.0. The van der Waals surface area contributed by atoms with Crippen molar-refractivity contribution in [3.63, 3.8) is 0 Å². The number of halogens is 2. The molecular formula is C22H22Cl2N4O3S. The van der Waals surface area contributed by atoms with Crippen molar-refractivity contribution in [1.82, 2.24) is 14.8 Å². The van der Waals surface area contributed by atoms with Gasteiger partial charge < -0.3 is 14.8 Å². The van der Waals surface area contributed by atoms with Crippen LogP contribution in [-0.2, 0) is 26.6 Å². The van der Waals surface area contributed by atoms with Crippen molar-refractivity contribution in [2.75, 3.05) is 17.7 Å². The third-order valence-corrected chi connectivity index (χ3v) is 6.62. The van der Waals surface area contributed by atoms with E-state index >= 15 is 0 Å². The van der Waals surface area contributed by atoms with Crippen molar-refractivity contribution >= 4 is 46.6 Å². The van der Waals surface area contributed by atoms with Gasteiger partial charge in [-0.1, -0.05) is 36.2 Å². The summed E-state index contributed by atoms with van der Waals surface area (Å²) in [5.41, 5.74) is 1.48. The number of rotatable bonds is 8. The SMILES string of the molecule is CCC(=O)Nc1ccc(SC[C@@H]2CO[C@@](Cn3cncn3)(c3ccc(Cl)cc3Cl)O2)cc1. The van der Waals surface area contributed by atoms with E-state index in [1.165, 1.54) is 6.33 Å². The minimum Gasteiger partial charge on any atom is -0.342 e. The Balaban J connectivity index is 1.45. The predicted octanol–water partition coefficient (Wildman–Crippen LogP) is 4.99. The van der Waals surface area contributed by atoms with Crippen molar-refractivity contribution < 1.29 is 14.3 Å². The quantitative estimate of drug-likeness (QED) is 0.446. The molecule has 0 radical (unpaired) electrons. The molecule has 1 fully saturated rings. The van der Waals surface area contributed by atoms with Crippen LogP contribution >= 0.6 is 35.0 Å². The van der Waals surface area contributed by atoms with Gasteiger partial charge in [0.25, 0.3) is 0 Å². The van der Waals surface area contributed by atoms with Gasteiger partial charge in [-0.3, -0.25) is 4.79 Å². The van der Waals surface area contributed by atoms with E-state index in [1.54, 1.807) is 34.9 Å². The Bertz CT molecular complexity index is 1070. The zero-order valence-corrected chi connectivity index (χ0v) is 19.7. The molecule has 0 bridgehead atoms. The lowest BCUT2D eigenvalue weighted by molar-refractivity contribution is -0.186. The number of carbonyl (C=O) groups is 1. The van der Waals surface area contributed by atoms with E-state index in [-0.39, 0.29) is 12.0 Å². The molecule has 1 amide bonds. The lowest BCUT2D eigenvalue weighted by Crippen LogP contribution is -2.34. The monoisotopic (exact) mass is 492 g/mol. The average molecular weight is 493 g/mol. The molecule has 0 saturated carbocycles. The summed E-state index contributed by atoms with van der Waals surface area (Å²) in [4.78, 5) is 16.6. The molecule has 2 atom stereocenters. The fourth-order valence-corrected chi connectivity index (χ4v) is 4.78. The summed E-state index contributed by atoms with van der Waals surface area (Å²) in [5.74, 6) is -0.411. The highest BCUT2D eigenvalue weighted by Crippen LogP contribution is 2.41. The van der Waals surface area contributed by atoms with Crippen LogP contribution in [0, 0.1) is 0 Å². The van der Waals surface area contributed by atoms with Gasteiger partial charge in [0.1, 0.15) is 19.2 Å². The normalized spacial score (nSPS) is 20.4. The highest BCUT2D eigenvalue weighted by atomic mass is 35.5. The van der Waals surface area contributed by atoms with E-state index in [4.69, 9.17) is 32.7 Å². The van der Waals surface area contributed by atoms with Crippen molar-refractivity contribution in [1.29, 1.82) is 0 Å². The summed E-state index contributed by atoms with van der Waals surface area (Å²) in [5, 5.41) is 8.05. The van der Waals surface area contributed by atoms with Crippen LogP contribution in [0.25, 0.3) is 0 Å². The molecule has 168 valence electrons. The number of thioether (sulfide) groups is 1. The molecule has 32 heavy (non-hydrogen) atoms. The van der Waals surface area contributed by atoms with Gasteiger partial charge in [-0.25, -0.2) is 9.67 Å². The Morgan fingerprint density at radius 2 is 2.09 bits per heavy atom. The van der Waals surface area contributed by atoms with Gasteiger partial charge in [0.2, 0.25) is 11.7 Å². The summed E-state index contributed by atoms with van der Waals surface area (Å²) in [6.45, 7) is 2.54. The van der Waals surface area contributed by atoms with Crippen molar-refractivity contribution in [2.24, 2.45) is 0 Å². The fourth-order valence-electron chi connectivity index (χ4n) is 3.36. The van der Waals surface area contributed by atoms with Gasteiger partial charge >= 0.3 is 0 Å². The number of carbonyl (C=O) groups excluding carboxylic acids is 1. The number of aromatic nitrogens is 3. The van der Waals surface area contributed by atoms with E-state index in [0.29, 0.717) is 40.9 Å². The second-order valence-corrected chi connectivity index (χ2v) is 9.20. The second kappa shape index (κ2) is 10.2. The molecule has 2 aromatic carbocycles. The molecule has 1 aliphatic heterocycles. The van der Waals surface area contributed by atoms with Gasteiger partial charge in [-0.15, -0.1) is 11.8 Å². The molecule has 0 aliphatic carbocycles. The topological polar surface area (TPSA) is 78.3 Å². The Labute approximate surface area is 200 Å². The zero-order chi connectivity index (χ0) is 22.6. The lowest BCUT2D eigenvalue weighted by Gasteiger charge is -2.29.